The smallest absolute Gasteiger partial charge is 0.272 e. The summed E-state index contributed by atoms with van der Waals surface area (Å²) in [6.07, 6.45) is 1.55. The molecule has 0 aliphatic carbocycles. The Balaban J connectivity index is 1.77. The number of benzene rings is 2. The molecular formula is C21H20FN3O. The third kappa shape index (κ3) is 4.25. The third-order valence-electron chi connectivity index (χ3n) is 4.02. The molecule has 0 atom stereocenters. The minimum absolute atomic E-state index is 0.159. The van der Waals surface area contributed by atoms with Gasteiger partial charge in [0, 0.05) is 25.0 Å². The first-order valence-electron chi connectivity index (χ1n) is 8.48. The van der Waals surface area contributed by atoms with Crippen molar-refractivity contribution < 1.29 is 9.18 Å². The Morgan fingerprint density at radius 2 is 1.81 bits per heavy atom. The van der Waals surface area contributed by atoms with Gasteiger partial charge in [-0.05, 0) is 36.8 Å². The fraction of sp³-hybridized carbons (Fsp3) is 0.143. The van der Waals surface area contributed by atoms with Crippen LogP contribution >= 0.6 is 0 Å². The summed E-state index contributed by atoms with van der Waals surface area (Å²) < 4.78 is 13.8. The molecule has 3 aromatic rings. The average molecular weight is 349 g/mol. The zero-order valence-electron chi connectivity index (χ0n) is 14.5. The van der Waals surface area contributed by atoms with Crippen molar-refractivity contribution >= 4 is 17.3 Å². The number of aromatic nitrogens is 1. The van der Waals surface area contributed by atoms with E-state index < -0.39 is 0 Å². The molecular weight excluding hydrogens is 329 g/mol. The largest absolute Gasteiger partial charge is 0.353 e. The lowest BCUT2D eigenvalue weighted by Crippen LogP contribution is -2.31. The van der Waals surface area contributed by atoms with Crippen LogP contribution in [0.5, 0.6) is 0 Å². The fourth-order valence-corrected chi connectivity index (χ4v) is 2.64. The van der Waals surface area contributed by atoms with E-state index in [-0.39, 0.29) is 11.7 Å². The molecule has 1 heterocycles. The third-order valence-corrected chi connectivity index (χ3v) is 4.02. The van der Waals surface area contributed by atoms with E-state index in [0.29, 0.717) is 30.2 Å². The highest BCUT2D eigenvalue weighted by Gasteiger charge is 2.16. The Kier molecular flexibility index (Phi) is 5.59. The van der Waals surface area contributed by atoms with E-state index in [9.17, 15) is 9.18 Å². The topological polar surface area (TPSA) is 45.2 Å². The summed E-state index contributed by atoms with van der Waals surface area (Å²) in [6, 6.07) is 19.6. The summed E-state index contributed by atoms with van der Waals surface area (Å²) in [7, 11) is 0. The second-order valence-electron chi connectivity index (χ2n) is 5.84. The Morgan fingerprint density at radius 1 is 1.08 bits per heavy atom. The molecule has 0 unspecified atom stereocenters. The van der Waals surface area contributed by atoms with Gasteiger partial charge in [0.1, 0.15) is 11.5 Å². The summed E-state index contributed by atoms with van der Waals surface area (Å²) in [5.41, 5.74) is 2.35. The van der Waals surface area contributed by atoms with Crippen LogP contribution in [0, 0.1) is 5.82 Å². The van der Waals surface area contributed by atoms with Gasteiger partial charge in [0.05, 0.1) is 5.69 Å². The number of carbonyl (C=O) groups excluding carboxylic acids is 1. The molecule has 0 aliphatic rings. The molecule has 0 saturated heterocycles. The molecule has 1 aromatic heterocycles. The molecule has 4 nitrogen and oxygen atoms in total. The highest BCUT2D eigenvalue weighted by atomic mass is 19.1. The zero-order valence-corrected chi connectivity index (χ0v) is 14.5. The Hall–Kier alpha value is -3.21. The summed E-state index contributed by atoms with van der Waals surface area (Å²) in [4.78, 5) is 18.7. The number of nitrogens with zero attached hydrogens (tertiary/aromatic N) is 2. The van der Waals surface area contributed by atoms with E-state index in [1.165, 1.54) is 6.07 Å². The van der Waals surface area contributed by atoms with Gasteiger partial charge in [-0.2, -0.15) is 0 Å². The van der Waals surface area contributed by atoms with Crippen molar-refractivity contribution in [3.05, 3.63) is 90.0 Å². The molecule has 3 rings (SSSR count). The predicted molar refractivity (Wildman–Crippen MR) is 101 cm³/mol. The summed E-state index contributed by atoms with van der Waals surface area (Å²) >= 11 is 0. The molecule has 1 amide bonds. The number of para-hydroxylation sites is 1. The predicted octanol–water partition coefficient (Wildman–Crippen LogP) is 4.63. The second kappa shape index (κ2) is 8.25. The van der Waals surface area contributed by atoms with E-state index in [1.54, 1.807) is 41.4 Å². The van der Waals surface area contributed by atoms with Gasteiger partial charge in [-0.1, -0.05) is 42.5 Å². The van der Waals surface area contributed by atoms with Crippen LogP contribution in [0.1, 0.15) is 23.0 Å². The molecule has 0 aliphatic heterocycles. The van der Waals surface area contributed by atoms with Crippen LogP contribution in [0.4, 0.5) is 15.8 Å². The minimum atomic E-state index is -0.351. The van der Waals surface area contributed by atoms with Gasteiger partial charge in [-0.3, -0.25) is 9.78 Å². The van der Waals surface area contributed by atoms with E-state index in [0.717, 1.165) is 5.56 Å². The summed E-state index contributed by atoms with van der Waals surface area (Å²) in [5, 5.41) is 2.99. The van der Waals surface area contributed by atoms with Gasteiger partial charge in [0.2, 0.25) is 0 Å². The Labute approximate surface area is 152 Å². The molecule has 0 radical (unpaired) electrons. The van der Waals surface area contributed by atoms with Gasteiger partial charge < -0.3 is 10.2 Å². The lowest BCUT2D eigenvalue weighted by atomic mass is 10.2. The molecule has 132 valence electrons. The van der Waals surface area contributed by atoms with E-state index in [1.807, 2.05) is 37.3 Å². The van der Waals surface area contributed by atoms with Crippen LogP contribution in [0.25, 0.3) is 0 Å². The second-order valence-corrected chi connectivity index (χ2v) is 5.84. The van der Waals surface area contributed by atoms with Gasteiger partial charge in [-0.15, -0.1) is 0 Å². The molecule has 0 saturated carbocycles. The fourth-order valence-electron chi connectivity index (χ4n) is 2.64. The highest BCUT2D eigenvalue weighted by Crippen LogP contribution is 2.20. The van der Waals surface area contributed by atoms with Crippen LogP contribution < -0.4 is 5.32 Å². The van der Waals surface area contributed by atoms with Crippen molar-refractivity contribution in [1.82, 2.24) is 9.88 Å². The molecule has 0 spiro atoms. The maximum absolute atomic E-state index is 13.8. The number of rotatable bonds is 6. The van der Waals surface area contributed by atoms with Gasteiger partial charge in [-0.25, -0.2) is 4.39 Å². The number of halogens is 1. The first-order chi connectivity index (χ1) is 12.7. The summed E-state index contributed by atoms with van der Waals surface area (Å²) in [6.45, 7) is 3.02. The number of nitrogens with one attached hydrogen (secondary N) is 1. The lowest BCUT2D eigenvalue weighted by Gasteiger charge is -2.21. The normalized spacial score (nSPS) is 10.4. The first kappa shape index (κ1) is 17.6. The first-order valence-corrected chi connectivity index (χ1v) is 8.48. The maximum atomic E-state index is 13.8. The standard InChI is InChI=1S/C21H20FN3O/c1-2-25(15-16-8-4-3-5-9-16)21(26)20-14-17(12-13-23-20)24-19-11-7-6-10-18(19)22/h3-14H,2,15H2,1H3,(H,23,24). The van der Waals surface area contributed by atoms with Crippen molar-refractivity contribution in [2.24, 2.45) is 0 Å². The molecule has 26 heavy (non-hydrogen) atoms. The van der Waals surface area contributed by atoms with Crippen molar-refractivity contribution in [3.63, 3.8) is 0 Å². The monoisotopic (exact) mass is 349 g/mol. The highest BCUT2D eigenvalue weighted by molar-refractivity contribution is 5.93. The Bertz CT molecular complexity index is 883. The van der Waals surface area contributed by atoms with Crippen LogP contribution in [0.3, 0.4) is 0 Å². The van der Waals surface area contributed by atoms with Crippen LogP contribution in [0.2, 0.25) is 0 Å². The SMILES string of the molecule is CCN(Cc1ccccc1)C(=O)c1cc(Nc2ccccc2F)ccn1. The van der Waals surface area contributed by atoms with Crippen molar-refractivity contribution in [3.8, 4) is 0 Å². The number of pyridine rings is 1. The Morgan fingerprint density at radius 3 is 2.54 bits per heavy atom. The van der Waals surface area contributed by atoms with Crippen LogP contribution in [-0.2, 0) is 6.54 Å². The quantitative estimate of drug-likeness (QED) is 0.706. The number of anilines is 2. The van der Waals surface area contributed by atoms with E-state index in [4.69, 9.17) is 0 Å². The molecule has 0 bridgehead atoms. The van der Waals surface area contributed by atoms with Crippen molar-refractivity contribution in [2.75, 3.05) is 11.9 Å². The van der Waals surface area contributed by atoms with Crippen molar-refractivity contribution in [2.45, 2.75) is 13.5 Å². The average Bonchev–Trinajstić information content (AvgIpc) is 2.68. The molecule has 0 fully saturated rings. The number of hydrogen-bond donors (Lipinski definition) is 1. The molecule has 5 heteroatoms. The summed E-state index contributed by atoms with van der Waals surface area (Å²) in [5.74, 6) is -0.509. The minimum Gasteiger partial charge on any atom is -0.353 e. The lowest BCUT2D eigenvalue weighted by molar-refractivity contribution is 0.0746. The van der Waals surface area contributed by atoms with Gasteiger partial charge in [0.15, 0.2) is 0 Å². The molecule has 2 aromatic carbocycles. The number of carbonyl (C=O) groups is 1. The van der Waals surface area contributed by atoms with Gasteiger partial charge >= 0.3 is 0 Å². The zero-order chi connectivity index (χ0) is 18.4. The van der Waals surface area contributed by atoms with Crippen molar-refractivity contribution in [1.29, 1.82) is 0 Å². The molecule has 1 N–H and O–H groups in total. The maximum Gasteiger partial charge on any atom is 0.272 e. The number of hydrogen-bond acceptors (Lipinski definition) is 3. The van der Waals surface area contributed by atoms with Gasteiger partial charge in [0.25, 0.3) is 5.91 Å². The van der Waals surface area contributed by atoms with Crippen LogP contribution in [0.15, 0.2) is 72.9 Å². The van der Waals surface area contributed by atoms with E-state index >= 15 is 0 Å². The number of amides is 1. The van der Waals surface area contributed by atoms with Crippen LogP contribution in [-0.4, -0.2) is 22.3 Å². The van der Waals surface area contributed by atoms with E-state index in [2.05, 4.69) is 10.3 Å².